The molecule has 2 aromatic carbocycles. The fourth-order valence-electron chi connectivity index (χ4n) is 2.07. The van der Waals surface area contributed by atoms with Crippen molar-refractivity contribution in [2.24, 2.45) is 0 Å². The number of benzene rings is 2. The van der Waals surface area contributed by atoms with Gasteiger partial charge in [-0.15, -0.1) is 0 Å². The minimum Gasteiger partial charge on any atom is -0.484 e. The molecule has 20 heavy (non-hydrogen) atoms. The van der Waals surface area contributed by atoms with Crippen LogP contribution in [-0.4, -0.2) is 4.98 Å². The summed E-state index contributed by atoms with van der Waals surface area (Å²) in [6, 6.07) is 11.4. The van der Waals surface area contributed by atoms with Gasteiger partial charge in [0.1, 0.15) is 11.3 Å². The number of oxazole rings is 1. The molecular formula is C16H16N2O2. The normalized spacial score (nSPS) is 10.9. The zero-order chi connectivity index (χ0) is 14.1. The minimum atomic E-state index is 0.304. The molecule has 1 aromatic heterocycles. The molecule has 0 unspecified atom stereocenters. The molecule has 0 atom stereocenters. The van der Waals surface area contributed by atoms with Crippen LogP contribution in [0.4, 0.5) is 5.69 Å². The Labute approximate surface area is 117 Å². The van der Waals surface area contributed by atoms with Gasteiger partial charge in [0.15, 0.2) is 12.2 Å². The average Bonchev–Trinajstić information content (AvgIpc) is 2.82. The molecule has 1 heterocycles. The van der Waals surface area contributed by atoms with Crippen molar-refractivity contribution in [3.63, 3.8) is 0 Å². The zero-order valence-corrected chi connectivity index (χ0v) is 11.5. The first kappa shape index (κ1) is 12.5. The molecule has 0 bridgehead atoms. The summed E-state index contributed by atoms with van der Waals surface area (Å²) in [6.45, 7) is 4.40. The molecule has 0 aliphatic heterocycles. The predicted molar refractivity (Wildman–Crippen MR) is 78.7 cm³/mol. The van der Waals surface area contributed by atoms with Gasteiger partial charge in [-0.1, -0.05) is 12.1 Å². The number of hydrogen-bond donors (Lipinski definition) is 1. The smallest absolute Gasteiger partial charge is 0.233 e. The first-order valence-corrected chi connectivity index (χ1v) is 6.47. The van der Waals surface area contributed by atoms with Gasteiger partial charge in [-0.2, -0.15) is 0 Å². The number of nitrogen functional groups attached to an aromatic ring is 1. The van der Waals surface area contributed by atoms with Gasteiger partial charge in [-0.3, -0.25) is 0 Å². The topological polar surface area (TPSA) is 61.3 Å². The third kappa shape index (κ3) is 2.32. The summed E-state index contributed by atoms with van der Waals surface area (Å²) in [5.74, 6) is 1.40. The van der Waals surface area contributed by atoms with Crippen molar-refractivity contribution >= 4 is 16.8 Å². The van der Waals surface area contributed by atoms with Crippen LogP contribution in [0, 0.1) is 13.8 Å². The lowest BCUT2D eigenvalue weighted by Crippen LogP contribution is -1.98. The summed E-state index contributed by atoms with van der Waals surface area (Å²) in [7, 11) is 0. The second kappa shape index (κ2) is 4.89. The third-order valence-electron chi connectivity index (χ3n) is 3.36. The third-order valence-corrected chi connectivity index (χ3v) is 3.36. The van der Waals surface area contributed by atoms with Crippen molar-refractivity contribution in [2.75, 3.05) is 5.73 Å². The molecule has 102 valence electrons. The summed E-state index contributed by atoms with van der Waals surface area (Å²) in [5.41, 5.74) is 10.2. The van der Waals surface area contributed by atoms with E-state index in [-0.39, 0.29) is 0 Å². The Balaban J connectivity index is 1.81. The first-order valence-electron chi connectivity index (χ1n) is 6.47. The van der Waals surface area contributed by atoms with Crippen molar-refractivity contribution in [3.05, 3.63) is 53.4 Å². The number of ether oxygens (including phenoxy) is 1. The van der Waals surface area contributed by atoms with Crippen LogP contribution in [0.1, 0.15) is 17.0 Å². The number of aryl methyl sites for hydroxylation is 1. The Morgan fingerprint density at radius 3 is 2.90 bits per heavy atom. The van der Waals surface area contributed by atoms with Crippen molar-refractivity contribution < 1.29 is 9.15 Å². The molecule has 0 amide bonds. The Kier molecular flexibility index (Phi) is 3.06. The van der Waals surface area contributed by atoms with Gasteiger partial charge in [0.25, 0.3) is 0 Å². The zero-order valence-electron chi connectivity index (χ0n) is 11.5. The number of fused-ring (bicyclic) bond motifs is 1. The number of aromatic nitrogens is 1. The van der Waals surface area contributed by atoms with E-state index in [4.69, 9.17) is 14.9 Å². The highest BCUT2D eigenvalue weighted by atomic mass is 16.5. The molecule has 0 spiro atoms. The predicted octanol–water partition coefficient (Wildman–Crippen LogP) is 3.61. The molecule has 3 aromatic rings. The van der Waals surface area contributed by atoms with E-state index in [9.17, 15) is 0 Å². The number of rotatable bonds is 3. The van der Waals surface area contributed by atoms with E-state index in [1.54, 1.807) is 12.1 Å². The Morgan fingerprint density at radius 1 is 1.20 bits per heavy atom. The van der Waals surface area contributed by atoms with Crippen LogP contribution in [0.2, 0.25) is 0 Å². The maximum atomic E-state index is 5.78. The van der Waals surface area contributed by atoms with E-state index in [0.29, 0.717) is 18.2 Å². The summed E-state index contributed by atoms with van der Waals surface area (Å²) in [6.07, 6.45) is 0. The van der Waals surface area contributed by atoms with Crippen LogP contribution in [0.15, 0.2) is 40.8 Å². The minimum absolute atomic E-state index is 0.304. The molecule has 3 rings (SSSR count). The molecule has 2 N–H and O–H groups in total. The quantitative estimate of drug-likeness (QED) is 0.737. The number of nitrogens with two attached hydrogens (primary N) is 1. The van der Waals surface area contributed by atoms with E-state index in [1.807, 2.05) is 25.1 Å². The van der Waals surface area contributed by atoms with E-state index < -0.39 is 0 Å². The number of nitrogens with zero attached hydrogens (tertiary/aromatic N) is 1. The Hall–Kier alpha value is -2.49. The maximum absolute atomic E-state index is 5.78. The van der Waals surface area contributed by atoms with Crippen LogP contribution >= 0.6 is 0 Å². The molecule has 4 heteroatoms. The average molecular weight is 268 g/mol. The van der Waals surface area contributed by atoms with Crippen LogP contribution in [0.3, 0.4) is 0 Å². The highest BCUT2D eigenvalue weighted by Gasteiger charge is 2.08. The Morgan fingerprint density at radius 2 is 2.05 bits per heavy atom. The monoisotopic (exact) mass is 268 g/mol. The van der Waals surface area contributed by atoms with Gasteiger partial charge in [0.05, 0.1) is 0 Å². The highest BCUT2D eigenvalue weighted by molar-refractivity contribution is 5.76. The van der Waals surface area contributed by atoms with Crippen LogP contribution in [-0.2, 0) is 6.61 Å². The van der Waals surface area contributed by atoms with Gasteiger partial charge < -0.3 is 14.9 Å². The largest absolute Gasteiger partial charge is 0.484 e. The van der Waals surface area contributed by atoms with Crippen LogP contribution < -0.4 is 10.5 Å². The summed E-state index contributed by atoms with van der Waals surface area (Å²) < 4.78 is 11.4. The lowest BCUT2D eigenvalue weighted by Gasteiger charge is -2.08. The molecule has 0 aliphatic carbocycles. The van der Waals surface area contributed by atoms with E-state index >= 15 is 0 Å². The van der Waals surface area contributed by atoms with Gasteiger partial charge in [-0.05, 0) is 49.2 Å². The molecule has 0 saturated carbocycles. The SMILES string of the molecule is Cc1cccc(OCc2nc3cc(N)ccc3o2)c1C. The van der Waals surface area contributed by atoms with Crippen molar-refractivity contribution in [1.82, 2.24) is 4.98 Å². The second-order valence-corrected chi connectivity index (χ2v) is 4.82. The van der Waals surface area contributed by atoms with Crippen LogP contribution in [0.5, 0.6) is 5.75 Å². The van der Waals surface area contributed by atoms with Gasteiger partial charge >= 0.3 is 0 Å². The Bertz CT molecular complexity index is 762. The summed E-state index contributed by atoms with van der Waals surface area (Å²) in [4.78, 5) is 4.37. The molecule has 0 saturated heterocycles. The fraction of sp³-hybridized carbons (Fsp3) is 0.188. The molecule has 0 aliphatic rings. The van der Waals surface area contributed by atoms with Crippen LogP contribution in [0.25, 0.3) is 11.1 Å². The molecule has 0 radical (unpaired) electrons. The molecule has 4 nitrogen and oxygen atoms in total. The van der Waals surface area contributed by atoms with E-state index in [2.05, 4.69) is 18.0 Å². The lowest BCUT2D eigenvalue weighted by atomic mass is 10.1. The van der Waals surface area contributed by atoms with Crippen molar-refractivity contribution in [1.29, 1.82) is 0 Å². The number of anilines is 1. The van der Waals surface area contributed by atoms with Crippen molar-refractivity contribution in [2.45, 2.75) is 20.5 Å². The van der Waals surface area contributed by atoms with Gasteiger partial charge in [-0.25, -0.2) is 4.98 Å². The summed E-state index contributed by atoms with van der Waals surface area (Å²) >= 11 is 0. The fourth-order valence-corrected chi connectivity index (χ4v) is 2.07. The standard InChI is InChI=1S/C16H16N2O2/c1-10-4-3-5-14(11(10)2)19-9-16-18-13-8-12(17)6-7-15(13)20-16/h3-8H,9,17H2,1-2H3. The van der Waals surface area contributed by atoms with Crippen molar-refractivity contribution in [3.8, 4) is 5.75 Å². The summed E-state index contributed by atoms with van der Waals surface area (Å²) in [5, 5.41) is 0. The number of hydrogen-bond acceptors (Lipinski definition) is 4. The van der Waals surface area contributed by atoms with Gasteiger partial charge in [0.2, 0.25) is 5.89 Å². The lowest BCUT2D eigenvalue weighted by molar-refractivity contribution is 0.265. The second-order valence-electron chi connectivity index (χ2n) is 4.82. The maximum Gasteiger partial charge on any atom is 0.233 e. The molecular weight excluding hydrogens is 252 g/mol. The first-order chi connectivity index (χ1) is 9.63. The highest BCUT2D eigenvalue weighted by Crippen LogP contribution is 2.23. The molecule has 0 fully saturated rings. The van der Waals surface area contributed by atoms with Gasteiger partial charge in [0, 0.05) is 5.69 Å². The van der Waals surface area contributed by atoms with E-state index in [1.165, 1.54) is 5.56 Å². The van der Waals surface area contributed by atoms with E-state index in [0.717, 1.165) is 22.4 Å².